The van der Waals surface area contributed by atoms with Crippen molar-refractivity contribution in [3.63, 3.8) is 0 Å². The van der Waals surface area contributed by atoms with Gasteiger partial charge >= 0.3 is 0 Å². The first-order chi connectivity index (χ1) is 15.8. The van der Waals surface area contributed by atoms with Gasteiger partial charge in [-0.25, -0.2) is 12.8 Å². The van der Waals surface area contributed by atoms with Crippen molar-refractivity contribution in [2.24, 2.45) is 0 Å². The Labute approximate surface area is 203 Å². The maximum Gasteiger partial charge on any atom is 0.264 e. The Morgan fingerprint density at radius 2 is 1.79 bits per heavy atom. The second-order valence-electron chi connectivity index (χ2n) is 7.31. The summed E-state index contributed by atoms with van der Waals surface area (Å²) in [5.41, 5.74) is 1.79. The summed E-state index contributed by atoms with van der Waals surface area (Å²) in [6.45, 7) is 1.65. The quantitative estimate of drug-likeness (QED) is 0.391. The first-order valence-electron chi connectivity index (χ1n) is 10.2. The molecule has 0 saturated heterocycles. The van der Waals surface area contributed by atoms with Gasteiger partial charge in [0.2, 0.25) is 5.91 Å². The number of hydrogen-bond acceptors (Lipinski definition) is 4. The van der Waals surface area contributed by atoms with E-state index in [1.807, 2.05) is 31.2 Å². The van der Waals surface area contributed by atoms with Crippen molar-refractivity contribution in [1.29, 1.82) is 0 Å². The predicted octanol–water partition coefficient (Wildman–Crippen LogP) is 5.03. The molecule has 3 aromatic carbocycles. The topological polar surface area (TPSA) is 66.5 Å². The number of para-hydroxylation sites is 1. The van der Waals surface area contributed by atoms with E-state index >= 15 is 0 Å². The molecule has 0 aliphatic rings. The van der Waals surface area contributed by atoms with Gasteiger partial charge in [0.1, 0.15) is 12.4 Å². The summed E-state index contributed by atoms with van der Waals surface area (Å²) in [5, 5.41) is 3.39. The molecule has 0 aromatic heterocycles. The Morgan fingerprint density at radius 3 is 2.48 bits per heavy atom. The average Bonchev–Trinajstić information content (AvgIpc) is 2.78. The van der Waals surface area contributed by atoms with Crippen LogP contribution >= 0.6 is 23.4 Å². The third-order valence-corrected chi connectivity index (χ3v) is 7.78. The lowest BCUT2D eigenvalue weighted by atomic mass is 10.2. The molecule has 0 spiro atoms. The number of nitrogens with one attached hydrogen (secondary N) is 1. The van der Waals surface area contributed by atoms with Gasteiger partial charge < -0.3 is 5.32 Å². The molecule has 1 N–H and O–H groups in total. The third-order valence-electron chi connectivity index (χ3n) is 4.74. The van der Waals surface area contributed by atoms with E-state index in [1.54, 1.807) is 23.9 Å². The minimum absolute atomic E-state index is 0.0127. The van der Waals surface area contributed by atoms with Crippen molar-refractivity contribution in [1.82, 2.24) is 5.32 Å². The number of benzene rings is 3. The van der Waals surface area contributed by atoms with E-state index in [1.165, 1.54) is 30.3 Å². The minimum atomic E-state index is -4.15. The molecular formula is C24H24ClFN2O3S2. The molecule has 0 unspecified atom stereocenters. The number of hydrogen-bond donors (Lipinski definition) is 1. The number of nitrogens with zero attached hydrogens (tertiary/aromatic N) is 1. The van der Waals surface area contributed by atoms with Crippen molar-refractivity contribution in [3.8, 4) is 0 Å². The first kappa shape index (κ1) is 25.1. The third kappa shape index (κ3) is 6.96. The van der Waals surface area contributed by atoms with E-state index in [4.69, 9.17) is 11.6 Å². The molecule has 3 rings (SSSR count). The fourth-order valence-corrected chi connectivity index (χ4v) is 5.50. The molecule has 0 heterocycles. The predicted molar refractivity (Wildman–Crippen MR) is 133 cm³/mol. The number of carbonyl (C=O) groups is 1. The van der Waals surface area contributed by atoms with Crippen LogP contribution < -0.4 is 9.62 Å². The van der Waals surface area contributed by atoms with Crippen molar-refractivity contribution in [3.05, 3.63) is 94.8 Å². The molecule has 0 aliphatic carbocycles. The number of amides is 1. The van der Waals surface area contributed by atoms with Gasteiger partial charge in [-0.3, -0.25) is 9.10 Å². The lowest BCUT2D eigenvalue weighted by molar-refractivity contribution is -0.119. The summed E-state index contributed by atoms with van der Waals surface area (Å²) in [7, 11) is -4.15. The monoisotopic (exact) mass is 506 g/mol. The normalized spacial score (nSPS) is 11.2. The number of thioether (sulfide) groups is 1. The molecule has 0 aliphatic heterocycles. The molecule has 0 bridgehead atoms. The van der Waals surface area contributed by atoms with Crippen LogP contribution in [0.3, 0.4) is 0 Å². The highest BCUT2D eigenvalue weighted by atomic mass is 35.5. The average molecular weight is 507 g/mol. The molecular weight excluding hydrogens is 483 g/mol. The molecule has 0 radical (unpaired) electrons. The maximum absolute atomic E-state index is 14.5. The van der Waals surface area contributed by atoms with Gasteiger partial charge in [-0.1, -0.05) is 53.6 Å². The van der Waals surface area contributed by atoms with Crippen LogP contribution in [0.25, 0.3) is 0 Å². The summed E-state index contributed by atoms with van der Waals surface area (Å²) in [4.78, 5) is 12.6. The Balaban J connectivity index is 1.65. The number of aryl methyl sites for hydroxylation is 1. The van der Waals surface area contributed by atoms with Crippen LogP contribution in [-0.2, 0) is 20.6 Å². The molecule has 0 atom stereocenters. The smallest absolute Gasteiger partial charge is 0.264 e. The molecule has 3 aromatic rings. The molecule has 5 nitrogen and oxygen atoms in total. The van der Waals surface area contributed by atoms with Crippen LogP contribution in [0.2, 0.25) is 5.02 Å². The van der Waals surface area contributed by atoms with Crippen molar-refractivity contribution < 1.29 is 17.6 Å². The second-order valence-corrected chi connectivity index (χ2v) is 10.7. The largest absolute Gasteiger partial charge is 0.354 e. The summed E-state index contributed by atoms with van der Waals surface area (Å²) < 4.78 is 41.8. The van der Waals surface area contributed by atoms with E-state index in [-0.39, 0.29) is 10.6 Å². The number of carbonyl (C=O) groups excluding carboxylic acids is 1. The number of sulfonamides is 1. The number of halogens is 2. The lowest BCUT2D eigenvalue weighted by Crippen LogP contribution is -2.41. The summed E-state index contributed by atoms with van der Waals surface area (Å²) >= 11 is 7.59. The Bertz CT molecular complexity index is 1200. The molecule has 33 heavy (non-hydrogen) atoms. The van der Waals surface area contributed by atoms with E-state index < -0.39 is 28.3 Å². The van der Waals surface area contributed by atoms with Crippen LogP contribution in [0.1, 0.15) is 11.1 Å². The fourth-order valence-electron chi connectivity index (χ4n) is 3.06. The SMILES string of the molecule is Cc1ccc(S(=O)(=O)N(CC(=O)NCCSCc2cccc(Cl)c2)c2ccccc2F)cc1. The van der Waals surface area contributed by atoms with E-state index in [9.17, 15) is 17.6 Å². The summed E-state index contributed by atoms with van der Waals surface area (Å²) in [5.74, 6) is 0.123. The molecule has 1 amide bonds. The fraction of sp³-hybridized carbons (Fsp3) is 0.208. The molecule has 0 fully saturated rings. The van der Waals surface area contributed by atoms with Gasteiger partial charge in [0.15, 0.2) is 0 Å². The Kier molecular flexibility index (Phi) is 8.77. The second kappa shape index (κ2) is 11.5. The molecule has 174 valence electrons. The van der Waals surface area contributed by atoms with Crippen LogP contribution in [0, 0.1) is 12.7 Å². The van der Waals surface area contributed by atoms with Crippen molar-refractivity contribution in [2.75, 3.05) is 23.1 Å². The van der Waals surface area contributed by atoms with Crippen molar-refractivity contribution >= 4 is 45.0 Å². The lowest BCUT2D eigenvalue weighted by Gasteiger charge is -2.24. The molecule has 0 saturated carbocycles. The van der Waals surface area contributed by atoms with Gasteiger partial charge in [0.25, 0.3) is 10.0 Å². The van der Waals surface area contributed by atoms with Gasteiger partial charge in [-0.2, -0.15) is 11.8 Å². The Hall–Kier alpha value is -2.55. The summed E-state index contributed by atoms with van der Waals surface area (Å²) in [6.07, 6.45) is 0. The minimum Gasteiger partial charge on any atom is -0.354 e. The van der Waals surface area contributed by atoms with Crippen molar-refractivity contribution in [2.45, 2.75) is 17.6 Å². The standard InChI is InChI=1S/C24H24ClFN2O3S2/c1-18-9-11-21(12-10-18)33(30,31)28(23-8-3-2-7-22(23)26)16-24(29)27-13-14-32-17-19-5-4-6-20(25)15-19/h2-12,15H,13-14,16-17H2,1H3,(H,27,29). The zero-order chi connectivity index (χ0) is 23.8. The Morgan fingerprint density at radius 1 is 1.06 bits per heavy atom. The zero-order valence-electron chi connectivity index (χ0n) is 18.0. The summed E-state index contributed by atoms with van der Waals surface area (Å²) in [6, 6.07) is 19.3. The highest BCUT2D eigenvalue weighted by molar-refractivity contribution is 7.98. The highest BCUT2D eigenvalue weighted by Crippen LogP contribution is 2.26. The van der Waals surface area contributed by atoms with Crippen LogP contribution in [0.15, 0.2) is 77.7 Å². The number of anilines is 1. The van der Waals surface area contributed by atoms with E-state index in [2.05, 4.69) is 5.32 Å². The number of rotatable bonds is 10. The van der Waals surface area contributed by atoms with Gasteiger partial charge in [-0.15, -0.1) is 0 Å². The van der Waals surface area contributed by atoms with Gasteiger partial charge in [-0.05, 0) is 48.9 Å². The highest BCUT2D eigenvalue weighted by Gasteiger charge is 2.29. The first-order valence-corrected chi connectivity index (χ1v) is 13.2. The van der Waals surface area contributed by atoms with Gasteiger partial charge in [0, 0.05) is 23.1 Å². The zero-order valence-corrected chi connectivity index (χ0v) is 20.4. The van der Waals surface area contributed by atoms with Gasteiger partial charge in [0.05, 0.1) is 10.6 Å². The maximum atomic E-state index is 14.5. The van der Waals surface area contributed by atoms with E-state index in [0.717, 1.165) is 27.3 Å². The van der Waals surface area contributed by atoms with E-state index in [0.29, 0.717) is 17.3 Å². The van der Waals surface area contributed by atoms with Crippen LogP contribution in [0.5, 0.6) is 0 Å². The van der Waals surface area contributed by atoms with Crippen LogP contribution in [0.4, 0.5) is 10.1 Å². The molecule has 9 heteroatoms. The van der Waals surface area contributed by atoms with Crippen LogP contribution in [-0.4, -0.2) is 33.2 Å².